The van der Waals surface area contributed by atoms with Crippen LogP contribution in [-0.4, -0.2) is 47.4 Å². The number of amides is 1. The van der Waals surface area contributed by atoms with Gasteiger partial charge in [-0.05, 0) is 69.4 Å². The van der Waals surface area contributed by atoms with Crippen LogP contribution in [0, 0.1) is 17.4 Å². The molecule has 2 aromatic rings. The highest BCUT2D eigenvalue weighted by Gasteiger charge is 2.23. The molecule has 8 nitrogen and oxygen atoms in total. The normalized spacial score (nSPS) is 14.5. The number of anilines is 2. The van der Waals surface area contributed by atoms with E-state index in [9.17, 15) is 4.79 Å². The smallest absolute Gasteiger partial charge is 0.253 e. The summed E-state index contributed by atoms with van der Waals surface area (Å²) in [6, 6.07) is 11.8. The van der Waals surface area contributed by atoms with Gasteiger partial charge in [0.2, 0.25) is 5.96 Å². The fraction of sp³-hybridized carbons (Fsp3) is 0.462. The van der Waals surface area contributed by atoms with Crippen LogP contribution in [0.5, 0.6) is 0 Å². The van der Waals surface area contributed by atoms with Crippen molar-refractivity contribution in [2.24, 2.45) is 10.9 Å². The number of aliphatic imine (C=N–C) groups is 1. The van der Waals surface area contributed by atoms with Crippen LogP contribution in [-0.2, 0) is 0 Å². The number of likely N-dealkylation sites (tertiary alicyclic amines) is 1. The number of hydrogen-bond acceptors (Lipinski definition) is 5. The van der Waals surface area contributed by atoms with Crippen molar-refractivity contribution in [2.45, 2.75) is 52.0 Å². The van der Waals surface area contributed by atoms with Gasteiger partial charge in [0, 0.05) is 55.0 Å². The van der Waals surface area contributed by atoms with Crippen molar-refractivity contribution in [1.82, 2.24) is 15.2 Å². The monoisotopic (exact) mass is 461 g/mol. The molecule has 3 rings (SSSR count). The number of carbonyl (C=O) groups is 1. The van der Waals surface area contributed by atoms with E-state index in [1.165, 1.54) is 0 Å². The second-order valence-corrected chi connectivity index (χ2v) is 8.94. The molecular weight excluding hydrogens is 426 g/mol. The molecule has 0 saturated carbocycles. The Morgan fingerprint density at radius 2 is 1.94 bits per heavy atom. The number of piperidine rings is 1. The molecule has 2 heterocycles. The van der Waals surface area contributed by atoms with Crippen LogP contribution in [0.2, 0.25) is 0 Å². The first kappa shape index (κ1) is 25.0. The fourth-order valence-corrected chi connectivity index (χ4v) is 4.15. The van der Waals surface area contributed by atoms with E-state index in [1.807, 2.05) is 47.5 Å². The second kappa shape index (κ2) is 13.2. The largest absolute Gasteiger partial charge is 0.383 e. The van der Waals surface area contributed by atoms with E-state index in [4.69, 9.17) is 5.26 Å². The third-order valence-electron chi connectivity index (χ3n) is 5.87. The molecule has 0 spiro atoms. The average molecular weight is 462 g/mol. The Bertz CT molecular complexity index is 976. The Balaban J connectivity index is 1.38. The third-order valence-corrected chi connectivity index (χ3v) is 5.87. The van der Waals surface area contributed by atoms with Crippen LogP contribution < -0.4 is 16.0 Å². The van der Waals surface area contributed by atoms with Crippen LogP contribution in [0.25, 0.3) is 0 Å². The molecule has 1 saturated heterocycles. The predicted octanol–water partition coefficient (Wildman–Crippen LogP) is 4.46. The molecule has 0 atom stereocenters. The third kappa shape index (κ3) is 8.07. The summed E-state index contributed by atoms with van der Waals surface area (Å²) in [5.74, 6) is 1.22. The summed E-state index contributed by atoms with van der Waals surface area (Å²) in [6.45, 7) is 6.46. The van der Waals surface area contributed by atoms with Crippen molar-refractivity contribution in [2.75, 3.05) is 30.3 Å². The number of nitriles is 1. The van der Waals surface area contributed by atoms with Crippen LogP contribution >= 0.6 is 0 Å². The zero-order chi connectivity index (χ0) is 24.2. The first-order valence-electron chi connectivity index (χ1n) is 12.1. The zero-order valence-electron chi connectivity index (χ0n) is 20.1. The Hall–Kier alpha value is -3.60. The Morgan fingerprint density at radius 3 is 2.65 bits per heavy atom. The van der Waals surface area contributed by atoms with Crippen LogP contribution in [0.1, 0.15) is 56.3 Å². The minimum Gasteiger partial charge on any atom is -0.383 e. The number of unbranched alkanes of at least 4 members (excludes halogenated alkanes) is 1. The molecule has 0 radical (unpaired) electrons. The summed E-state index contributed by atoms with van der Waals surface area (Å²) in [7, 11) is 0. The highest BCUT2D eigenvalue weighted by molar-refractivity contribution is 5.95. The SMILES string of the molecule is CC(C)Nc1cccc(C(=O)N2CCC(CCCCN=C(NC#N)Nc3ccncc3)CC2)c1. The topological polar surface area (TPSA) is 105 Å². The Kier molecular flexibility index (Phi) is 9.71. The van der Waals surface area contributed by atoms with Gasteiger partial charge in [0.05, 0.1) is 0 Å². The summed E-state index contributed by atoms with van der Waals surface area (Å²) in [4.78, 5) is 23.4. The van der Waals surface area contributed by atoms with Gasteiger partial charge in [-0.15, -0.1) is 0 Å². The van der Waals surface area contributed by atoms with Crippen molar-refractivity contribution in [3.05, 3.63) is 54.4 Å². The number of benzene rings is 1. The lowest BCUT2D eigenvalue weighted by Crippen LogP contribution is -2.38. The van der Waals surface area contributed by atoms with E-state index in [2.05, 4.69) is 39.8 Å². The number of hydrogen-bond donors (Lipinski definition) is 3. The van der Waals surface area contributed by atoms with Gasteiger partial charge in [0.15, 0.2) is 6.19 Å². The van der Waals surface area contributed by atoms with Crippen molar-refractivity contribution < 1.29 is 4.79 Å². The summed E-state index contributed by atoms with van der Waals surface area (Å²) in [5.41, 5.74) is 2.58. The average Bonchev–Trinajstić information content (AvgIpc) is 2.84. The minimum atomic E-state index is 0.124. The number of pyridine rings is 1. The molecule has 1 amide bonds. The van der Waals surface area contributed by atoms with E-state index < -0.39 is 0 Å². The maximum atomic E-state index is 12.9. The molecule has 3 N–H and O–H groups in total. The van der Waals surface area contributed by atoms with Gasteiger partial charge < -0.3 is 15.5 Å². The Labute approximate surface area is 202 Å². The van der Waals surface area contributed by atoms with Crippen molar-refractivity contribution in [3.63, 3.8) is 0 Å². The van der Waals surface area contributed by atoms with Gasteiger partial charge in [0.1, 0.15) is 0 Å². The molecule has 0 unspecified atom stereocenters. The molecule has 34 heavy (non-hydrogen) atoms. The molecular formula is C26H35N7O. The van der Waals surface area contributed by atoms with E-state index in [0.717, 1.165) is 62.1 Å². The molecule has 180 valence electrons. The molecule has 1 aliphatic rings. The maximum Gasteiger partial charge on any atom is 0.253 e. The fourth-order valence-electron chi connectivity index (χ4n) is 4.15. The lowest BCUT2D eigenvalue weighted by atomic mass is 9.91. The second-order valence-electron chi connectivity index (χ2n) is 8.94. The van der Waals surface area contributed by atoms with Gasteiger partial charge in [-0.1, -0.05) is 18.9 Å². The summed E-state index contributed by atoms with van der Waals surface area (Å²) in [5, 5.41) is 18.0. The van der Waals surface area contributed by atoms with Crippen LogP contribution in [0.4, 0.5) is 11.4 Å². The molecule has 1 fully saturated rings. The van der Waals surface area contributed by atoms with Gasteiger partial charge in [-0.25, -0.2) is 0 Å². The lowest BCUT2D eigenvalue weighted by molar-refractivity contribution is 0.0686. The first-order chi connectivity index (χ1) is 16.5. The van der Waals surface area contributed by atoms with Gasteiger partial charge in [-0.2, -0.15) is 5.26 Å². The summed E-state index contributed by atoms with van der Waals surface area (Å²) < 4.78 is 0. The number of rotatable bonds is 9. The molecule has 0 bridgehead atoms. The quantitative estimate of drug-likeness (QED) is 0.167. The van der Waals surface area contributed by atoms with Crippen LogP contribution in [0.15, 0.2) is 53.8 Å². The van der Waals surface area contributed by atoms with E-state index in [-0.39, 0.29) is 5.91 Å². The van der Waals surface area contributed by atoms with Crippen LogP contribution in [0.3, 0.4) is 0 Å². The molecule has 8 heteroatoms. The van der Waals surface area contributed by atoms with Gasteiger partial charge in [0.25, 0.3) is 5.91 Å². The molecule has 1 aromatic carbocycles. The summed E-state index contributed by atoms with van der Waals surface area (Å²) in [6.07, 6.45) is 10.6. The highest BCUT2D eigenvalue weighted by atomic mass is 16.2. The van der Waals surface area contributed by atoms with Crippen molar-refractivity contribution in [1.29, 1.82) is 5.26 Å². The molecule has 1 aromatic heterocycles. The van der Waals surface area contributed by atoms with E-state index in [0.29, 0.717) is 24.5 Å². The zero-order valence-corrected chi connectivity index (χ0v) is 20.1. The number of aromatic nitrogens is 1. The lowest BCUT2D eigenvalue weighted by Gasteiger charge is -2.32. The number of guanidine groups is 1. The minimum absolute atomic E-state index is 0.124. The summed E-state index contributed by atoms with van der Waals surface area (Å²) >= 11 is 0. The highest BCUT2D eigenvalue weighted by Crippen LogP contribution is 2.24. The first-order valence-corrected chi connectivity index (χ1v) is 12.1. The van der Waals surface area contributed by atoms with Crippen molar-refractivity contribution >= 4 is 23.2 Å². The standard InChI is InChI=1S/C26H35N7O/c1-20(2)31-24-8-5-7-22(18-24)25(34)33-16-11-21(12-17-33)6-3-4-13-29-26(30-19-27)32-23-9-14-28-15-10-23/h5,7-10,14-15,18,20-21,31H,3-4,6,11-13,16-17H2,1-2H3,(H2,28,29,30,32). The molecule has 0 aliphatic carbocycles. The maximum absolute atomic E-state index is 12.9. The van der Waals surface area contributed by atoms with Crippen molar-refractivity contribution in [3.8, 4) is 6.19 Å². The Morgan fingerprint density at radius 1 is 1.18 bits per heavy atom. The van der Waals surface area contributed by atoms with Gasteiger partial charge >= 0.3 is 0 Å². The molecule has 1 aliphatic heterocycles. The number of nitrogens with one attached hydrogen (secondary N) is 3. The van der Waals surface area contributed by atoms with E-state index >= 15 is 0 Å². The van der Waals surface area contributed by atoms with E-state index in [1.54, 1.807) is 12.4 Å². The predicted molar refractivity (Wildman–Crippen MR) is 137 cm³/mol. The number of nitrogens with zero attached hydrogens (tertiary/aromatic N) is 4. The van der Waals surface area contributed by atoms with Gasteiger partial charge in [-0.3, -0.25) is 20.1 Å². The number of carbonyl (C=O) groups excluding carboxylic acids is 1.